The average molecular weight is 719 g/mol. The quantitative estimate of drug-likeness (QED) is 0.118. The van der Waals surface area contributed by atoms with E-state index in [1.165, 1.54) is 16.7 Å². The fourth-order valence-electron chi connectivity index (χ4n) is 8.57. The molecule has 0 fully saturated rings. The normalized spacial score (nSPS) is 20.4. The van der Waals surface area contributed by atoms with Crippen LogP contribution in [0.3, 0.4) is 0 Å². The molecule has 0 saturated carbocycles. The standard InChI is InChI=1S/C40H54N4O8/c1-47-34-19-25-10-16-41-31(28(25)22-37(34)50-4)7-13-40(44(45)46,14-8-32-29-23-38(51-5)35(48-2)20-26(29)11-17-42-32)15-9-33-30-24-39(52-6)36(49-3)21-27(30)12-18-43-33/h19-24,31-33,41-43H,7-18H2,1-6H3. The van der Waals surface area contributed by atoms with Gasteiger partial charge in [-0.25, -0.2) is 0 Å². The van der Waals surface area contributed by atoms with E-state index in [2.05, 4.69) is 16.0 Å². The number of nitrogens with one attached hydrogen (secondary N) is 3. The van der Waals surface area contributed by atoms with Crippen molar-refractivity contribution >= 4 is 0 Å². The second kappa shape index (κ2) is 16.6. The van der Waals surface area contributed by atoms with Gasteiger partial charge in [0.25, 0.3) is 0 Å². The van der Waals surface area contributed by atoms with E-state index in [9.17, 15) is 10.1 Å². The summed E-state index contributed by atoms with van der Waals surface area (Å²) >= 11 is 0. The third-order valence-electron chi connectivity index (χ3n) is 11.5. The predicted octanol–water partition coefficient (Wildman–Crippen LogP) is 6.06. The Labute approximate surface area is 307 Å². The van der Waals surface area contributed by atoms with Crippen LogP contribution in [-0.2, 0) is 19.3 Å². The van der Waals surface area contributed by atoms with E-state index in [0.717, 1.165) is 55.6 Å². The lowest BCUT2D eigenvalue weighted by Crippen LogP contribution is -2.43. The first-order valence-corrected chi connectivity index (χ1v) is 18.4. The molecule has 12 nitrogen and oxygen atoms in total. The Morgan fingerprint density at radius 3 is 1.06 bits per heavy atom. The zero-order chi connectivity index (χ0) is 36.8. The maximum Gasteiger partial charge on any atom is 0.222 e. The Hall–Kier alpha value is -4.26. The number of fused-ring (bicyclic) bond motifs is 3. The Bertz CT molecular complexity index is 1550. The molecule has 12 heteroatoms. The summed E-state index contributed by atoms with van der Waals surface area (Å²) in [5, 5.41) is 24.6. The van der Waals surface area contributed by atoms with Gasteiger partial charge in [-0.15, -0.1) is 0 Å². The highest BCUT2D eigenvalue weighted by Crippen LogP contribution is 2.43. The van der Waals surface area contributed by atoms with Gasteiger partial charge in [-0.05, 0) is 128 Å². The molecule has 52 heavy (non-hydrogen) atoms. The molecule has 3 N–H and O–H groups in total. The maximum absolute atomic E-state index is 13.6. The van der Waals surface area contributed by atoms with Crippen LogP contribution >= 0.6 is 0 Å². The van der Waals surface area contributed by atoms with Crippen LogP contribution in [0.15, 0.2) is 36.4 Å². The third-order valence-corrected chi connectivity index (χ3v) is 11.5. The van der Waals surface area contributed by atoms with Crippen molar-refractivity contribution in [3.8, 4) is 34.5 Å². The second-order valence-electron chi connectivity index (χ2n) is 14.1. The van der Waals surface area contributed by atoms with E-state index in [1.54, 1.807) is 42.7 Å². The topological polar surface area (TPSA) is 135 Å². The zero-order valence-corrected chi connectivity index (χ0v) is 31.4. The SMILES string of the molecule is COc1cc2c(cc1OC)C(CCC(CCC1NCCc3cc(OC)c(OC)cc31)(CCC1NCCc3cc(OC)c(OC)cc31)[N+](=O)[O-])NCC2. The van der Waals surface area contributed by atoms with Crippen LogP contribution in [0.5, 0.6) is 34.5 Å². The van der Waals surface area contributed by atoms with Gasteiger partial charge in [0.05, 0.1) is 42.7 Å². The Kier molecular flexibility index (Phi) is 12.0. The minimum atomic E-state index is -1.17. The van der Waals surface area contributed by atoms with Gasteiger partial charge in [0, 0.05) is 42.3 Å². The van der Waals surface area contributed by atoms with Crippen LogP contribution < -0.4 is 44.4 Å². The van der Waals surface area contributed by atoms with Crippen molar-refractivity contribution in [1.82, 2.24) is 16.0 Å². The molecule has 282 valence electrons. The van der Waals surface area contributed by atoms with Gasteiger partial charge < -0.3 is 44.4 Å². The largest absolute Gasteiger partial charge is 0.493 e. The summed E-state index contributed by atoms with van der Waals surface area (Å²) < 4.78 is 33.7. The Balaban J connectivity index is 1.30. The van der Waals surface area contributed by atoms with Crippen molar-refractivity contribution in [3.63, 3.8) is 0 Å². The highest BCUT2D eigenvalue weighted by Gasteiger charge is 2.44. The Morgan fingerprint density at radius 1 is 0.538 bits per heavy atom. The fourth-order valence-corrected chi connectivity index (χ4v) is 8.57. The van der Waals surface area contributed by atoms with Crippen molar-refractivity contribution in [2.45, 2.75) is 81.5 Å². The maximum atomic E-state index is 13.6. The number of hydrogen-bond acceptors (Lipinski definition) is 11. The van der Waals surface area contributed by atoms with Gasteiger partial charge in [0.1, 0.15) is 0 Å². The van der Waals surface area contributed by atoms with Crippen LogP contribution in [0.4, 0.5) is 0 Å². The molecule has 0 bridgehead atoms. The molecule has 0 radical (unpaired) electrons. The minimum Gasteiger partial charge on any atom is -0.493 e. The molecule has 0 aromatic heterocycles. The predicted molar refractivity (Wildman–Crippen MR) is 199 cm³/mol. The van der Waals surface area contributed by atoms with Crippen molar-refractivity contribution < 1.29 is 33.3 Å². The molecule has 3 heterocycles. The van der Waals surface area contributed by atoms with E-state index in [4.69, 9.17) is 28.4 Å². The van der Waals surface area contributed by atoms with E-state index in [0.29, 0.717) is 73.0 Å². The zero-order valence-electron chi connectivity index (χ0n) is 31.4. The summed E-state index contributed by atoms with van der Waals surface area (Å²) in [6.45, 7) is 2.38. The van der Waals surface area contributed by atoms with Crippen LogP contribution in [0, 0.1) is 10.1 Å². The molecule has 3 unspecified atom stereocenters. The van der Waals surface area contributed by atoms with Crippen molar-refractivity contribution in [2.24, 2.45) is 0 Å². The average Bonchev–Trinajstić information content (AvgIpc) is 3.18. The number of nitrogens with zero attached hydrogens (tertiary/aromatic N) is 1. The molecule has 3 aromatic rings. The van der Waals surface area contributed by atoms with Crippen molar-refractivity contribution in [3.05, 3.63) is 79.9 Å². The summed E-state index contributed by atoms with van der Waals surface area (Å²) in [6.07, 6.45) is 5.67. The lowest BCUT2D eigenvalue weighted by molar-refractivity contribution is -0.574. The van der Waals surface area contributed by atoms with Crippen molar-refractivity contribution in [1.29, 1.82) is 0 Å². The second-order valence-corrected chi connectivity index (χ2v) is 14.1. The van der Waals surface area contributed by atoms with Gasteiger partial charge in [-0.3, -0.25) is 10.1 Å². The molecule has 6 rings (SSSR count). The molecule has 3 atom stereocenters. The summed E-state index contributed by atoms with van der Waals surface area (Å²) in [5.74, 6) is 4.10. The van der Waals surface area contributed by atoms with Gasteiger partial charge in [-0.1, -0.05) is 0 Å². The van der Waals surface area contributed by atoms with Crippen molar-refractivity contribution in [2.75, 3.05) is 62.3 Å². The van der Waals surface area contributed by atoms with E-state index >= 15 is 0 Å². The van der Waals surface area contributed by atoms with Crippen LogP contribution in [0.25, 0.3) is 0 Å². The molecule has 0 amide bonds. The summed E-state index contributed by atoms with van der Waals surface area (Å²) in [6, 6.07) is 12.1. The smallest absolute Gasteiger partial charge is 0.222 e. The van der Waals surface area contributed by atoms with Gasteiger partial charge in [0.15, 0.2) is 34.5 Å². The minimum absolute atomic E-state index is 0.0159. The summed E-state index contributed by atoms with van der Waals surface area (Å²) in [4.78, 5) is 13.6. The molecule has 0 spiro atoms. The van der Waals surface area contributed by atoms with Crippen LogP contribution in [-0.4, -0.2) is 72.8 Å². The van der Waals surface area contributed by atoms with Crippen LogP contribution in [0.1, 0.15) is 90.0 Å². The van der Waals surface area contributed by atoms with Gasteiger partial charge in [0.2, 0.25) is 5.54 Å². The first-order chi connectivity index (χ1) is 25.3. The number of benzene rings is 3. The molecular formula is C40H54N4O8. The number of ether oxygens (including phenoxy) is 6. The Morgan fingerprint density at radius 2 is 0.808 bits per heavy atom. The molecule has 3 aliphatic rings. The van der Waals surface area contributed by atoms with Crippen LogP contribution in [0.2, 0.25) is 0 Å². The molecule has 0 saturated heterocycles. The molecule has 0 aliphatic carbocycles. The first kappa shape index (κ1) is 37.5. The number of hydrogen-bond donors (Lipinski definition) is 3. The molecule has 3 aliphatic heterocycles. The highest BCUT2D eigenvalue weighted by atomic mass is 16.6. The van der Waals surface area contributed by atoms with Gasteiger partial charge >= 0.3 is 0 Å². The number of nitro groups is 1. The number of rotatable bonds is 16. The summed E-state index contributed by atoms with van der Waals surface area (Å²) in [5.41, 5.74) is 5.76. The fraction of sp³-hybridized carbons (Fsp3) is 0.550. The lowest BCUT2D eigenvalue weighted by Gasteiger charge is -2.35. The van der Waals surface area contributed by atoms with Gasteiger partial charge in [-0.2, -0.15) is 0 Å². The third kappa shape index (κ3) is 7.60. The first-order valence-electron chi connectivity index (χ1n) is 18.4. The molecular weight excluding hydrogens is 664 g/mol. The molecule has 3 aromatic carbocycles. The monoisotopic (exact) mass is 718 g/mol. The van der Waals surface area contributed by atoms with E-state index in [1.807, 2.05) is 36.4 Å². The van der Waals surface area contributed by atoms with E-state index < -0.39 is 5.54 Å². The summed E-state index contributed by atoms with van der Waals surface area (Å²) in [7, 11) is 9.85. The highest BCUT2D eigenvalue weighted by molar-refractivity contribution is 5.51. The van der Waals surface area contributed by atoms with E-state index in [-0.39, 0.29) is 23.0 Å². The lowest BCUT2D eigenvalue weighted by atomic mass is 9.77. The number of methoxy groups -OCH3 is 6.